The van der Waals surface area contributed by atoms with Crippen LogP contribution in [0.3, 0.4) is 0 Å². The highest BCUT2D eigenvalue weighted by Gasteiger charge is 2.12. The highest BCUT2D eigenvalue weighted by atomic mass is 32.1. The minimum Gasteiger partial charge on any atom is -0.468 e. The number of rotatable bonds is 4. The first-order valence-electron chi connectivity index (χ1n) is 5.09. The average Bonchev–Trinajstić information content (AvgIpc) is 2.91. The Balaban J connectivity index is 1.98. The first-order valence-corrected chi connectivity index (χ1v) is 6.03. The Hall–Kier alpha value is -1.06. The smallest absolute Gasteiger partial charge is 0.120 e. The van der Waals surface area contributed by atoms with Crippen LogP contribution < -0.4 is 5.32 Å². The molecule has 0 fully saturated rings. The van der Waals surface area contributed by atoms with Gasteiger partial charge in [-0.05, 0) is 48.4 Å². The Morgan fingerprint density at radius 2 is 2.13 bits per heavy atom. The van der Waals surface area contributed by atoms with Crippen molar-refractivity contribution in [2.24, 2.45) is 0 Å². The van der Waals surface area contributed by atoms with Gasteiger partial charge in [-0.25, -0.2) is 0 Å². The first-order chi connectivity index (χ1) is 7.27. The van der Waals surface area contributed by atoms with Gasteiger partial charge in [-0.2, -0.15) is 11.3 Å². The van der Waals surface area contributed by atoms with E-state index in [0.717, 1.165) is 5.76 Å². The molecule has 2 rings (SSSR count). The molecule has 0 aromatic carbocycles. The van der Waals surface area contributed by atoms with Crippen molar-refractivity contribution in [1.29, 1.82) is 0 Å². The van der Waals surface area contributed by atoms with Crippen molar-refractivity contribution in [1.82, 2.24) is 5.32 Å². The lowest BCUT2D eigenvalue weighted by Gasteiger charge is -2.17. The molecule has 80 valence electrons. The van der Waals surface area contributed by atoms with Crippen molar-refractivity contribution in [3.05, 3.63) is 46.5 Å². The molecule has 2 heterocycles. The maximum atomic E-state index is 5.35. The highest BCUT2D eigenvalue weighted by Crippen LogP contribution is 2.20. The fourth-order valence-corrected chi connectivity index (χ4v) is 2.37. The lowest BCUT2D eigenvalue weighted by Crippen LogP contribution is -2.21. The topological polar surface area (TPSA) is 25.2 Å². The zero-order valence-corrected chi connectivity index (χ0v) is 9.75. The van der Waals surface area contributed by atoms with E-state index in [0.29, 0.717) is 6.04 Å². The third kappa shape index (κ3) is 2.49. The van der Waals surface area contributed by atoms with E-state index in [2.05, 4.69) is 36.0 Å². The van der Waals surface area contributed by atoms with E-state index in [4.69, 9.17) is 4.42 Å². The van der Waals surface area contributed by atoms with Gasteiger partial charge in [0.15, 0.2) is 0 Å². The monoisotopic (exact) mass is 221 g/mol. The van der Waals surface area contributed by atoms with E-state index in [9.17, 15) is 0 Å². The molecule has 2 nitrogen and oxygen atoms in total. The lowest BCUT2D eigenvalue weighted by atomic mass is 10.1. The quantitative estimate of drug-likeness (QED) is 0.850. The number of thiophene rings is 1. The minimum atomic E-state index is 0.245. The van der Waals surface area contributed by atoms with Crippen molar-refractivity contribution in [2.45, 2.75) is 25.9 Å². The van der Waals surface area contributed by atoms with Crippen molar-refractivity contribution in [3.8, 4) is 0 Å². The fourth-order valence-electron chi connectivity index (χ4n) is 1.61. The molecule has 0 radical (unpaired) electrons. The van der Waals surface area contributed by atoms with Gasteiger partial charge in [0.05, 0.1) is 12.3 Å². The van der Waals surface area contributed by atoms with Crippen molar-refractivity contribution in [3.63, 3.8) is 0 Å². The summed E-state index contributed by atoms with van der Waals surface area (Å²) in [5.41, 5.74) is 1.33. The van der Waals surface area contributed by atoms with Gasteiger partial charge in [0.2, 0.25) is 0 Å². The largest absolute Gasteiger partial charge is 0.468 e. The number of furan rings is 1. The maximum Gasteiger partial charge on any atom is 0.120 e. The van der Waals surface area contributed by atoms with Crippen LogP contribution >= 0.6 is 11.3 Å². The SMILES string of the molecule is CC(N[C@H](C)c1ccco1)c1ccsc1. The summed E-state index contributed by atoms with van der Waals surface area (Å²) in [6.07, 6.45) is 1.71. The van der Waals surface area contributed by atoms with Crippen LogP contribution in [0.15, 0.2) is 39.6 Å². The van der Waals surface area contributed by atoms with Gasteiger partial charge < -0.3 is 9.73 Å². The van der Waals surface area contributed by atoms with Crippen LogP contribution in [-0.4, -0.2) is 0 Å². The highest BCUT2D eigenvalue weighted by molar-refractivity contribution is 7.07. The van der Waals surface area contributed by atoms with E-state index in [1.165, 1.54) is 5.56 Å². The molecule has 15 heavy (non-hydrogen) atoms. The predicted octanol–water partition coefficient (Wildman–Crippen LogP) is 3.75. The molecule has 1 unspecified atom stereocenters. The number of hydrogen-bond acceptors (Lipinski definition) is 3. The zero-order chi connectivity index (χ0) is 10.7. The van der Waals surface area contributed by atoms with Crippen LogP contribution in [0, 0.1) is 0 Å². The maximum absolute atomic E-state index is 5.35. The molecule has 0 spiro atoms. The van der Waals surface area contributed by atoms with Crippen LogP contribution in [0.2, 0.25) is 0 Å². The molecular formula is C12H15NOS. The van der Waals surface area contributed by atoms with Crippen LogP contribution in [0.25, 0.3) is 0 Å². The summed E-state index contributed by atoms with van der Waals surface area (Å²) in [6, 6.07) is 6.67. The second-order valence-electron chi connectivity index (χ2n) is 3.68. The van der Waals surface area contributed by atoms with Gasteiger partial charge in [-0.15, -0.1) is 0 Å². The molecule has 2 aromatic heterocycles. The number of hydrogen-bond donors (Lipinski definition) is 1. The summed E-state index contributed by atoms with van der Waals surface area (Å²) < 4.78 is 5.35. The van der Waals surface area contributed by atoms with Gasteiger partial charge >= 0.3 is 0 Å². The van der Waals surface area contributed by atoms with Crippen molar-refractivity contribution >= 4 is 11.3 Å². The van der Waals surface area contributed by atoms with Gasteiger partial charge in [0, 0.05) is 6.04 Å². The van der Waals surface area contributed by atoms with E-state index in [1.54, 1.807) is 17.6 Å². The van der Waals surface area contributed by atoms with Gasteiger partial charge in [0.1, 0.15) is 5.76 Å². The van der Waals surface area contributed by atoms with Crippen molar-refractivity contribution < 1.29 is 4.42 Å². The lowest BCUT2D eigenvalue weighted by molar-refractivity contribution is 0.403. The van der Waals surface area contributed by atoms with Crippen LogP contribution in [0.5, 0.6) is 0 Å². The minimum absolute atomic E-state index is 0.245. The molecule has 0 aliphatic heterocycles. The molecule has 0 saturated heterocycles. The van der Waals surface area contributed by atoms with Crippen LogP contribution in [-0.2, 0) is 0 Å². The summed E-state index contributed by atoms with van der Waals surface area (Å²) in [7, 11) is 0. The Bertz CT molecular complexity index is 341. The van der Waals surface area contributed by atoms with Gasteiger partial charge in [-0.1, -0.05) is 0 Å². The Morgan fingerprint density at radius 1 is 1.27 bits per heavy atom. The Labute approximate surface area is 93.9 Å². The Morgan fingerprint density at radius 3 is 2.73 bits per heavy atom. The van der Waals surface area contributed by atoms with Gasteiger partial charge in [-0.3, -0.25) is 0 Å². The van der Waals surface area contributed by atoms with E-state index in [1.807, 2.05) is 12.1 Å². The van der Waals surface area contributed by atoms with Crippen LogP contribution in [0.1, 0.15) is 37.3 Å². The molecule has 3 heteroatoms. The number of nitrogens with one attached hydrogen (secondary N) is 1. The average molecular weight is 221 g/mol. The summed E-state index contributed by atoms with van der Waals surface area (Å²) >= 11 is 1.73. The third-order valence-corrected chi connectivity index (χ3v) is 3.21. The second-order valence-corrected chi connectivity index (χ2v) is 4.46. The molecule has 2 atom stereocenters. The normalized spacial score (nSPS) is 15.1. The van der Waals surface area contributed by atoms with Crippen LogP contribution in [0.4, 0.5) is 0 Å². The third-order valence-electron chi connectivity index (χ3n) is 2.51. The fraction of sp³-hybridized carbons (Fsp3) is 0.333. The zero-order valence-electron chi connectivity index (χ0n) is 8.94. The first kappa shape index (κ1) is 10.5. The standard InChI is InChI=1S/C12H15NOS/c1-9(11-5-7-15-8-11)13-10(2)12-4-3-6-14-12/h3-10,13H,1-2H3/t9?,10-/m1/s1. The van der Waals surface area contributed by atoms with Gasteiger partial charge in [0.25, 0.3) is 0 Å². The molecule has 1 N–H and O–H groups in total. The molecule has 0 saturated carbocycles. The summed E-state index contributed by atoms with van der Waals surface area (Å²) in [5, 5.41) is 7.77. The summed E-state index contributed by atoms with van der Waals surface area (Å²) in [5.74, 6) is 0.983. The Kier molecular flexibility index (Phi) is 3.23. The van der Waals surface area contributed by atoms with E-state index in [-0.39, 0.29) is 6.04 Å². The summed E-state index contributed by atoms with van der Waals surface area (Å²) in [6.45, 7) is 4.28. The molecular weight excluding hydrogens is 206 g/mol. The summed E-state index contributed by atoms with van der Waals surface area (Å²) in [4.78, 5) is 0. The van der Waals surface area contributed by atoms with Crippen molar-refractivity contribution in [2.75, 3.05) is 0 Å². The predicted molar refractivity (Wildman–Crippen MR) is 63.0 cm³/mol. The van der Waals surface area contributed by atoms with E-state index >= 15 is 0 Å². The second kappa shape index (κ2) is 4.64. The molecule has 0 bridgehead atoms. The molecule has 0 aliphatic carbocycles. The molecule has 0 amide bonds. The molecule has 0 aliphatic rings. The van der Waals surface area contributed by atoms with E-state index < -0.39 is 0 Å². The molecule has 2 aromatic rings.